The van der Waals surface area contributed by atoms with Crippen LogP contribution in [0.4, 0.5) is 0 Å². The molecule has 1 saturated heterocycles. The molecule has 1 atom stereocenters. The molecule has 0 aromatic rings. The minimum absolute atomic E-state index is 0.429. The van der Waals surface area contributed by atoms with Crippen LogP contribution in [0.15, 0.2) is 0 Å². The van der Waals surface area contributed by atoms with Crippen molar-refractivity contribution in [2.45, 2.75) is 50.9 Å². The Labute approximate surface area is 106 Å². The van der Waals surface area contributed by atoms with Crippen molar-refractivity contribution in [3.8, 4) is 0 Å². The molecule has 1 N–H and O–H groups in total. The topological polar surface area (TPSA) is 49.4 Å². The van der Waals surface area contributed by atoms with E-state index in [1.807, 2.05) is 0 Å². The lowest BCUT2D eigenvalue weighted by atomic mass is 10.2. The number of nitrogens with one attached hydrogen (secondary N) is 1. The van der Waals surface area contributed by atoms with Gasteiger partial charge in [0.2, 0.25) is 0 Å². The highest BCUT2D eigenvalue weighted by Crippen LogP contribution is 2.16. The SMILES string of the molecule is CC(C)N1CCC(NCC(C)(C)S(C)(=O)=O)C1. The van der Waals surface area contributed by atoms with Crippen LogP contribution in [-0.2, 0) is 9.84 Å². The molecule has 1 aliphatic rings. The van der Waals surface area contributed by atoms with Gasteiger partial charge in [0.25, 0.3) is 0 Å². The summed E-state index contributed by atoms with van der Waals surface area (Å²) in [5.41, 5.74) is 0. The maximum atomic E-state index is 11.6. The van der Waals surface area contributed by atoms with Crippen LogP contribution in [0.2, 0.25) is 0 Å². The number of hydrogen-bond acceptors (Lipinski definition) is 4. The number of likely N-dealkylation sites (tertiary alicyclic amines) is 1. The Bertz CT molecular complexity index is 350. The highest BCUT2D eigenvalue weighted by molar-refractivity contribution is 7.92. The summed E-state index contributed by atoms with van der Waals surface area (Å²) in [5.74, 6) is 0. The average Bonchev–Trinajstić information content (AvgIpc) is 2.61. The van der Waals surface area contributed by atoms with Crippen molar-refractivity contribution in [1.82, 2.24) is 10.2 Å². The molecule has 1 fully saturated rings. The second-order valence-electron chi connectivity index (χ2n) is 5.99. The normalized spacial score (nSPS) is 23.5. The summed E-state index contributed by atoms with van der Waals surface area (Å²) < 4.78 is 22.5. The van der Waals surface area contributed by atoms with Gasteiger partial charge in [0.05, 0.1) is 4.75 Å². The van der Waals surface area contributed by atoms with Crippen LogP contribution in [0.1, 0.15) is 34.1 Å². The molecule has 0 saturated carbocycles. The van der Waals surface area contributed by atoms with Gasteiger partial charge in [-0.15, -0.1) is 0 Å². The van der Waals surface area contributed by atoms with Crippen molar-refractivity contribution in [1.29, 1.82) is 0 Å². The van der Waals surface area contributed by atoms with Crippen molar-refractivity contribution >= 4 is 9.84 Å². The van der Waals surface area contributed by atoms with Crippen LogP contribution in [0.25, 0.3) is 0 Å². The number of sulfone groups is 1. The first-order valence-electron chi connectivity index (χ1n) is 6.30. The van der Waals surface area contributed by atoms with E-state index in [0.29, 0.717) is 18.6 Å². The summed E-state index contributed by atoms with van der Waals surface area (Å²) in [6.45, 7) is 10.6. The van der Waals surface area contributed by atoms with E-state index in [1.165, 1.54) is 6.26 Å². The summed E-state index contributed by atoms with van der Waals surface area (Å²) in [5, 5.41) is 3.39. The quantitative estimate of drug-likeness (QED) is 0.799. The highest BCUT2D eigenvalue weighted by Gasteiger charge is 2.32. The molecule has 0 amide bonds. The molecule has 1 unspecified atom stereocenters. The maximum Gasteiger partial charge on any atom is 0.153 e. The molecule has 5 heteroatoms. The monoisotopic (exact) mass is 262 g/mol. The van der Waals surface area contributed by atoms with E-state index in [2.05, 4.69) is 24.1 Å². The molecule has 1 heterocycles. The zero-order valence-corrected chi connectivity index (χ0v) is 12.5. The van der Waals surface area contributed by atoms with Crippen molar-refractivity contribution in [3.63, 3.8) is 0 Å². The van der Waals surface area contributed by atoms with Gasteiger partial charge in [-0.1, -0.05) is 0 Å². The predicted octanol–water partition coefficient (Wildman–Crippen LogP) is 0.882. The lowest BCUT2D eigenvalue weighted by molar-refractivity contribution is 0.267. The van der Waals surface area contributed by atoms with E-state index in [-0.39, 0.29) is 0 Å². The molecular formula is C12H26N2O2S. The number of nitrogens with zero attached hydrogens (tertiary/aromatic N) is 1. The van der Waals surface area contributed by atoms with Crippen LogP contribution in [0.5, 0.6) is 0 Å². The van der Waals surface area contributed by atoms with Gasteiger partial charge in [-0.2, -0.15) is 0 Å². The van der Waals surface area contributed by atoms with Gasteiger partial charge in [-0.3, -0.25) is 4.90 Å². The molecule has 1 aliphatic heterocycles. The van der Waals surface area contributed by atoms with Crippen LogP contribution in [-0.4, -0.2) is 56.0 Å². The summed E-state index contributed by atoms with van der Waals surface area (Å²) >= 11 is 0. The van der Waals surface area contributed by atoms with Gasteiger partial charge in [0.15, 0.2) is 9.84 Å². The molecule has 17 heavy (non-hydrogen) atoms. The molecule has 4 nitrogen and oxygen atoms in total. The van der Waals surface area contributed by atoms with E-state index in [9.17, 15) is 8.42 Å². The van der Waals surface area contributed by atoms with E-state index in [4.69, 9.17) is 0 Å². The standard InChI is InChI=1S/C12H26N2O2S/c1-10(2)14-7-6-11(8-14)13-9-12(3,4)17(5,15)16/h10-11,13H,6-9H2,1-5H3. The first-order valence-corrected chi connectivity index (χ1v) is 8.19. The predicted molar refractivity (Wildman–Crippen MR) is 72.0 cm³/mol. The Balaban J connectivity index is 2.43. The molecule has 0 aromatic carbocycles. The third-order valence-electron chi connectivity index (χ3n) is 3.77. The van der Waals surface area contributed by atoms with Gasteiger partial charge in [0.1, 0.15) is 0 Å². The van der Waals surface area contributed by atoms with Gasteiger partial charge >= 0.3 is 0 Å². The molecule has 0 spiro atoms. The minimum Gasteiger partial charge on any atom is -0.311 e. The highest BCUT2D eigenvalue weighted by atomic mass is 32.2. The van der Waals surface area contributed by atoms with E-state index < -0.39 is 14.6 Å². The van der Waals surface area contributed by atoms with Crippen molar-refractivity contribution in [3.05, 3.63) is 0 Å². The number of hydrogen-bond donors (Lipinski definition) is 1. The summed E-state index contributed by atoms with van der Waals surface area (Å²) in [6.07, 6.45) is 2.42. The fourth-order valence-corrected chi connectivity index (χ4v) is 2.29. The first-order chi connectivity index (χ1) is 7.63. The van der Waals surface area contributed by atoms with Gasteiger partial charge in [-0.05, 0) is 40.7 Å². The van der Waals surface area contributed by atoms with Crippen LogP contribution >= 0.6 is 0 Å². The van der Waals surface area contributed by atoms with Crippen molar-refractivity contribution in [2.75, 3.05) is 25.9 Å². The largest absolute Gasteiger partial charge is 0.311 e. The molecule has 1 rings (SSSR count). The van der Waals surface area contributed by atoms with E-state index in [0.717, 1.165) is 19.5 Å². The molecule has 0 bridgehead atoms. The Hall–Kier alpha value is -0.130. The van der Waals surface area contributed by atoms with Crippen molar-refractivity contribution < 1.29 is 8.42 Å². The first kappa shape index (κ1) is 14.9. The summed E-state index contributed by atoms with van der Waals surface area (Å²) in [7, 11) is -3.00. The van der Waals surface area contributed by atoms with Crippen LogP contribution in [0, 0.1) is 0 Å². The minimum atomic E-state index is -3.00. The van der Waals surface area contributed by atoms with Gasteiger partial charge in [-0.25, -0.2) is 8.42 Å². The molecular weight excluding hydrogens is 236 g/mol. The Morgan fingerprint density at radius 2 is 2.00 bits per heavy atom. The third-order valence-corrected chi connectivity index (χ3v) is 5.92. The lowest BCUT2D eigenvalue weighted by Crippen LogP contribution is -2.46. The smallest absolute Gasteiger partial charge is 0.153 e. The van der Waals surface area contributed by atoms with Crippen LogP contribution < -0.4 is 5.32 Å². The fourth-order valence-electron chi connectivity index (χ4n) is 1.94. The maximum absolute atomic E-state index is 11.6. The third kappa shape index (κ3) is 3.93. The van der Waals surface area contributed by atoms with E-state index >= 15 is 0 Å². The molecule has 102 valence electrons. The Kier molecular flexibility index (Phi) is 4.60. The zero-order chi connectivity index (χ0) is 13.3. The Morgan fingerprint density at radius 1 is 1.41 bits per heavy atom. The summed E-state index contributed by atoms with van der Waals surface area (Å²) in [4.78, 5) is 2.42. The van der Waals surface area contributed by atoms with Crippen LogP contribution in [0.3, 0.4) is 0 Å². The molecule has 0 aromatic heterocycles. The van der Waals surface area contributed by atoms with E-state index in [1.54, 1.807) is 13.8 Å². The zero-order valence-electron chi connectivity index (χ0n) is 11.7. The van der Waals surface area contributed by atoms with Crippen molar-refractivity contribution in [2.24, 2.45) is 0 Å². The van der Waals surface area contributed by atoms with Gasteiger partial charge in [0, 0.05) is 31.4 Å². The summed E-state index contributed by atoms with van der Waals surface area (Å²) in [6, 6.07) is 1.00. The average molecular weight is 262 g/mol. The second kappa shape index (κ2) is 5.24. The second-order valence-corrected chi connectivity index (χ2v) is 8.64. The molecule has 0 radical (unpaired) electrons. The number of rotatable bonds is 5. The fraction of sp³-hybridized carbons (Fsp3) is 1.00. The lowest BCUT2D eigenvalue weighted by Gasteiger charge is -2.26. The Morgan fingerprint density at radius 3 is 2.41 bits per heavy atom. The molecule has 0 aliphatic carbocycles. The van der Waals surface area contributed by atoms with Gasteiger partial charge < -0.3 is 5.32 Å².